The lowest BCUT2D eigenvalue weighted by molar-refractivity contribution is -0.152. The number of ether oxygens (including phenoxy) is 1. The third kappa shape index (κ3) is 18.1. The lowest BCUT2D eigenvalue weighted by Crippen LogP contribution is -2.62. The molecule has 2 heterocycles. The number of likely N-dealkylation sites (N-methyl/N-ethyl adjacent to an activating group) is 8. The van der Waals surface area contributed by atoms with Gasteiger partial charge in [0, 0.05) is 89.6 Å². The summed E-state index contributed by atoms with van der Waals surface area (Å²) in [4.78, 5) is 178. The number of piperidine rings is 1. The molecule has 3 fully saturated rings. The Hall–Kier alpha value is -6.40. The Kier molecular flexibility index (Phi) is 25.2. The van der Waals surface area contributed by atoms with E-state index in [0.29, 0.717) is 45.2 Å². The van der Waals surface area contributed by atoms with Crippen LogP contribution in [0.5, 0.6) is 0 Å². The second-order valence-electron chi connectivity index (χ2n) is 21.6. The van der Waals surface area contributed by atoms with E-state index in [0.717, 1.165) is 35.8 Å². The molecule has 5 atom stereocenters. The molecular weight excluding hydrogens is 1000 g/mol. The maximum atomic E-state index is 14.6. The van der Waals surface area contributed by atoms with Crippen molar-refractivity contribution in [2.75, 3.05) is 122 Å². The first-order valence-corrected chi connectivity index (χ1v) is 26.8. The van der Waals surface area contributed by atoms with E-state index in [1.807, 2.05) is 20.8 Å². The SMILES string of the molecule is CC[C@H](C)C1NC(=O)C(CC(C)C)N(C)C(=O)CC(C(=O)N2CCCCC2)N(C)C(=O)CN(C)C(=O)C2(CCCC2)NC(=O)C(CCOC)N(C)C(=O)CNC(=O)CN(C)C(=O)CN(C)C(=O)CN(C)C(=O)CN(C)C1=O. The smallest absolute Gasteiger partial charge is 0.248 e. The molecule has 3 N–H and O–H groups in total. The van der Waals surface area contributed by atoms with Gasteiger partial charge in [0.25, 0.3) is 0 Å². The van der Waals surface area contributed by atoms with E-state index in [1.165, 1.54) is 73.3 Å². The fourth-order valence-electron chi connectivity index (χ4n) is 9.66. The van der Waals surface area contributed by atoms with Gasteiger partial charge in [0.05, 0.1) is 45.7 Å². The molecule has 2 aliphatic heterocycles. The van der Waals surface area contributed by atoms with Crippen molar-refractivity contribution in [1.82, 2.24) is 60.0 Å². The van der Waals surface area contributed by atoms with Gasteiger partial charge in [-0.2, -0.15) is 0 Å². The van der Waals surface area contributed by atoms with Gasteiger partial charge in [0.2, 0.25) is 70.9 Å². The Morgan fingerprint density at radius 1 is 0.610 bits per heavy atom. The summed E-state index contributed by atoms with van der Waals surface area (Å²) in [6.45, 7) is 5.11. The minimum atomic E-state index is -1.48. The van der Waals surface area contributed by atoms with Gasteiger partial charge in [-0.1, -0.05) is 47.0 Å². The van der Waals surface area contributed by atoms with E-state index in [-0.39, 0.29) is 38.2 Å². The summed E-state index contributed by atoms with van der Waals surface area (Å²) in [5.74, 6) is -8.21. The molecule has 25 nitrogen and oxygen atoms in total. The minimum absolute atomic E-state index is 0.00781. The van der Waals surface area contributed by atoms with Gasteiger partial charge in [-0.05, 0) is 50.4 Å². The second kappa shape index (κ2) is 29.9. The molecule has 0 aromatic heterocycles. The van der Waals surface area contributed by atoms with Crippen molar-refractivity contribution in [2.45, 2.75) is 128 Å². The lowest BCUT2D eigenvalue weighted by atomic mass is 9.94. The van der Waals surface area contributed by atoms with Crippen LogP contribution in [0.2, 0.25) is 0 Å². The molecule has 0 aromatic rings. The third-order valence-corrected chi connectivity index (χ3v) is 15.1. The van der Waals surface area contributed by atoms with Crippen LogP contribution in [-0.2, 0) is 62.3 Å². The van der Waals surface area contributed by atoms with Crippen molar-refractivity contribution < 1.29 is 62.3 Å². The zero-order valence-electron chi connectivity index (χ0n) is 47.9. The van der Waals surface area contributed by atoms with E-state index >= 15 is 0 Å². The number of amides is 12. The number of rotatable bonds is 8. The zero-order valence-corrected chi connectivity index (χ0v) is 47.9. The molecule has 1 saturated carbocycles. The van der Waals surface area contributed by atoms with E-state index in [2.05, 4.69) is 16.0 Å². The molecule has 4 unspecified atom stereocenters. The summed E-state index contributed by atoms with van der Waals surface area (Å²) in [7, 11) is 12.4. The summed E-state index contributed by atoms with van der Waals surface area (Å²) < 4.78 is 5.26. The summed E-state index contributed by atoms with van der Waals surface area (Å²) in [5, 5.41) is 8.21. The Morgan fingerprint density at radius 2 is 1.13 bits per heavy atom. The van der Waals surface area contributed by atoms with E-state index in [4.69, 9.17) is 4.74 Å². The predicted octanol–water partition coefficient (Wildman–Crippen LogP) is -1.67. The number of hydrogen-bond acceptors (Lipinski definition) is 13. The normalized spacial score (nSPS) is 24.7. The van der Waals surface area contributed by atoms with Crippen LogP contribution in [0.3, 0.4) is 0 Å². The Bertz CT molecular complexity index is 2150. The van der Waals surface area contributed by atoms with Crippen LogP contribution < -0.4 is 16.0 Å². The number of nitrogens with one attached hydrogen (secondary N) is 3. The van der Waals surface area contributed by atoms with Crippen molar-refractivity contribution in [3.05, 3.63) is 0 Å². The highest BCUT2D eigenvalue weighted by molar-refractivity contribution is 5.99. The van der Waals surface area contributed by atoms with Crippen LogP contribution in [0.1, 0.15) is 98.3 Å². The molecule has 77 heavy (non-hydrogen) atoms. The summed E-state index contributed by atoms with van der Waals surface area (Å²) in [5.41, 5.74) is -1.48. The standard InChI is InChI=1S/C52H88N12O13/c1-14-35(4)46-50(75)59(8)32-44(70)58(7)31-43(69)57(6)30-42(68)56(5)29-39(65)53-28-41(67)61(10)36(20-25-77-13)48(73)55-52(21-16-17-22-52)51(76)60(9)33-45(71)63(12)38(49(74)64-23-18-15-19-24-64)27-40(66)62(11)37(26-34(2)3)47(72)54-46/h34-38,46H,14-33H2,1-13H3,(H,53,65)(H,54,72)(H,55,73)/t35-,36?,37?,38?,46?/m0/s1. The number of methoxy groups -OCH3 is 1. The molecule has 0 radical (unpaired) electrons. The van der Waals surface area contributed by atoms with Crippen LogP contribution in [0.25, 0.3) is 0 Å². The Balaban J connectivity index is 2.08. The maximum absolute atomic E-state index is 14.6. The van der Waals surface area contributed by atoms with Crippen LogP contribution in [-0.4, -0.2) is 267 Å². The highest BCUT2D eigenvalue weighted by atomic mass is 16.5. The highest BCUT2D eigenvalue weighted by Crippen LogP contribution is 2.32. The van der Waals surface area contributed by atoms with Gasteiger partial charge < -0.3 is 64.8 Å². The van der Waals surface area contributed by atoms with Gasteiger partial charge in [-0.3, -0.25) is 57.5 Å². The molecule has 0 bridgehead atoms. The molecule has 434 valence electrons. The molecule has 3 aliphatic rings. The van der Waals surface area contributed by atoms with Gasteiger partial charge in [0.15, 0.2) is 0 Å². The van der Waals surface area contributed by atoms with Crippen molar-refractivity contribution in [1.29, 1.82) is 0 Å². The first kappa shape index (κ1) is 64.9. The Labute approximate surface area is 454 Å². The fraction of sp³-hybridized carbons (Fsp3) is 0.769. The van der Waals surface area contributed by atoms with E-state index in [9.17, 15) is 57.5 Å². The minimum Gasteiger partial charge on any atom is -0.385 e. The number of nitrogens with zero attached hydrogens (tertiary/aromatic N) is 9. The average Bonchev–Trinajstić information content (AvgIpc) is 3.87. The van der Waals surface area contributed by atoms with Gasteiger partial charge >= 0.3 is 0 Å². The molecule has 0 aromatic carbocycles. The van der Waals surface area contributed by atoms with Crippen molar-refractivity contribution >= 4 is 70.9 Å². The highest BCUT2D eigenvalue weighted by Gasteiger charge is 2.47. The van der Waals surface area contributed by atoms with Crippen molar-refractivity contribution in [3.8, 4) is 0 Å². The number of hydrogen-bond donors (Lipinski definition) is 3. The monoisotopic (exact) mass is 1090 g/mol. The maximum Gasteiger partial charge on any atom is 0.248 e. The molecule has 2 saturated heterocycles. The van der Waals surface area contributed by atoms with Crippen molar-refractivity contribution in [3.63, 3.8) is 0 Å². The molecule has 12 amide bonds. The topological polar surface area (TPSA) is 279 Å². The number of carbonyl (C=O) groups excluding carboxylic acids is 12. The Morgan fingerprint density at radius 3 is 1.66 bits per heavy atom. The largest absolute Gasteiger partial charge is 0.385 e. The van der Waals surface area contributed by atoms with Crippen LogP contribution >= 0.6 is 0 Å². The summed E-state index contributed by atoms with van der Waals surface area (Å²) in [6, 6.07) is -4.82. The second-order valence-corrected chi connectivity index (χ2v) is 21.6. The predicted molar refractivity (Wildman–Crippen MR) is 283 cm³/mol. The van der Waals surface area contributed by atoms with Gasteiger partial charge in [0.1, 0.15) is 29.7 Å². The van der Waals surface area contributed by atoms with Crippen LogP contribution in [0.15, 0.2) is 0 Å². The van der Waals surface area contributed by atoms with Gasteiger partial charge in [-0.25, -0.2) is 0 Å². The third-order valence-electron chi connectivity index (χ3n) is 15.1. The number of carbonyl (C=O) groups is 12. The van der Waals surface area contributed by atoms with E-state index < -0.39 is 152 Å². The molecular formula is C52H88N12O13. The quantitative estimate of drug-likeness (QED) is 0.246. The number of likely N-dealkylation sites (tertiary alicyclic amines) is 1. The van der Waals surface area contributed by atoms with E-state index in [1.54, 1.807) is 11.8 Å². The molecule has 1 spiro atoms. The van der Waals surface area contributed by atoms with Crippen LogP contribution in [0, 0.1) is 11.8 Å². The fourth-order valence-corrected chi connectivity index (χ4v) is 9.66. The van der Waals surface area contributed by atoms with Crippen LogP contribution in [0.4, 0.5) is 0 Å². The molecule has 25 heteroatoms. The molecule has 1 aliphatic carbocycles. The van der Waals surface area contributed by atoms with Crippen molar-refractivity contribution in [2.24, 2.45) is 11.8 Å². The first-order valence-electron chi connectivity index (χ1n) is 26.8. The summed E-state index contributed by atoms with van der Waals surface area (Å²) >= 11 is 0. The molecule has 3 rings (SSSR count). The summed E-state index contributed by atoms with van der Waals surface area (Å²) in [6.07, 6.45) is 3.94. The zero-order chi connectivity index (χ0) is 58.1. The lowest BCUT2D eigenvalue weighted by Gasteiger charge is -2.38. The average molecular weight is 1090 g/mol. The first-order chi connectivity index (χ1) is 36.1. The van der Waals surface area contributed by atoms with Gasteiger partial charge in [-0.15, -0.1) is 0 Å².